The topological polar surface area (TPSA) is 77.3 Å². The molecule has 0 atom stereocenters. The molecule has 1 aromatic carbocycles. The third-order valence-corrected chi connectivity index (χ3v) is 1.73. The Hall–Kier alpha value is -2.47. The second kappa shape index (κ2) is 9.46. The molecule has 1 rings (SSSR count). The van der Waals surface area contributed by atoms with Crippen molar-refractivity contribution in [1.29, 1.82) is 0 Å². The van der Waals surface area contributed by atoms with Gasteiger partial charge in [-0.05, 0) is 19.9 Å². The van der Waals surface area contributed by atoms with Crippen molar-refractivity contribution in [3.63, 3.8) is 0 Å². The van der Waals surface area contributed by atoms with Crippen molar-refractivity contribution < 1.29 is 27.7 Å². The zero-order valence-electron chi connectivity index (χ0n) is 10.7. The van der Waals surface area contributed by atoms with E-state index in [0.717, 1.165) is 12.1 Å². The largest absolute Gasteiger partial charge is 0.416 e. The molecule has 0 spiro atoms. The number of hydrogen-bond acceptors (Lipinski definition) is 4. The third-order valence-electron chi connectivity index (χ3n) is 1.73. The molecular formula is C12H12F3NO4. The van der Waals surface area contributed by atoms with Crippen LogP contribution in [0, 0.1) is 17.0 Å². The van der Waals surface area contributed by atoms with E-state index in [2.05, 4.69) is 6.58 Å². The molecular weight excluding hydrogens is 279 g/mol. The first-order valence-corrected chi connectivity index (χ1v) is 5.04. The van der Waals surface area contributed by atoms with Gasteiger partial charge in [-0.25, -0.2) is 0 Å². The lowest BCUT2D eigenvalue weighted by molar-refractivity contribution is -0.385. The minimum Gasteiger partial charge on any atom is -0.258 e. The fraction of sp³-hybridized carbons (Fsp3) is 0.250. The van der Waals surface area contributed by atoms with Crippen LogP contribution in [0.4, 0.5) is 18.9 Å². The van der Waals surface area contributed by atoms with E-state index in [1.807, 2.05) is 6.92 Å². The number of nitro benzene ring substituents is 1. The maximum atomic E-state index is 12.1. The van der Waals surface area contributed by atoms with Crippen LogP contribution >= 0.6 is 0 Å². The third kappa shape index (κ3) is 7.78. The molecule has 8 heteroatoms. The molecule has 0 fully saturated rings. The van der Waals surface area contributed by atoms with Crippen LogP contribution < -0.4 is 0 Å². The highest BCUT2D eigenvalue weighted by molar-refractivity contribution is 5.43. The van der Waals surface area contributed by atoms with Gasteiger partial charge >= 0.3 is 12.3 Å². The number of alkyl halides is 3. The van der Waals surface area contributed by atoms with E-state index >= 15 is 0 Å². The number of hydrogen-bond donors (Lipinski definition) is 0. The molecule has 0 heterocycles. The fourth-order valence-corrected chi connectivity index (χ4v) is 0.982. The van der Waals surface area contributed by atoms with Crippen molar-refractivity contribution in [2.24, 2.45) is 0 Å². The number of nitrogens with zero attached hydrogens (tertiary/aromatic N) is 1. The lowest BCUT2D eigenvalue weighted by atomic mass is 10.1. The maximum absolute atomic E-state index is 12.1. The summed E-state index contributed by atoms with van der Waals surface area (Å²) in [5, 5.41) is 10.3. The highest BCUT2D eigenvalue weighted by Gasteiger charge is 2.32. The number of allylic oxidation sites excluding steroid dienone is 1. The van der Waals surface area contributed by atoms with Gasteiger partial charge in [-0.15, -0.1) is 6.58 Å². The van der Waals surface area contributed by atoms with E-state index in [4.69, 9.17) is 9.59 Å². The Morgan fingerprint density at radius 2 is 1.75 bits per heavy atom. The quantitative estimate of drug-likeness (QED) is 0.450. The van der Waals surface area contributed by atoms with Crippen molar-refractivity contribution in [3.8, 4) is 0 Å². The van der Waals surface area contributed by atoms with E-state index < -0.39 is 22.4 Å². The first kappa shape index (κ1) is 19.9. The molecule has 5 nitrogen and oxygen atoms in total. The molecule has 0 aliphatic heterocycles. The number of rotatable bonds is 1. The van der Waals surface area contributed by atoms with Crippen LogP contribution in [0.1, 0.15) is 18.1 Å². The molecule has 0 bridgehead atoms. The van der Waals surface area contributed by atoms with Crippen molar-refractivity contribution >= 4 is 11.8 Å². The van der Waals surface area contributed by atoms with Gasteiger partial charge < -0.3 is 0 Å². The average molecular weight is 291 g/mol. The summed E-state index contributed by atoms with van der Waals surface area (Å²) in [6.45, 7) is 6.64. The predicted molar refractivity (Wildman–Crippen MR) is 63.7 cm³/mol. The van der Waals surface area contributed by atoms with Crippen molar-refractivity contribution in [3.05, 3.63) is 52.1 Å². The number of halogens is 3. The number of aryl methyl sites for hydroxylation is 1. The number of nitro groups is 1. The molecule has 0 amide bonds. The van der Waals surface area contributed by atoms with Gasteiger partial charge in [-0.1, -0.05) is 12.1 Å². The van der Waals surface area contributed by atoms with E-state index in [1.165, 1.54) is 6.92 Å². The lowest BCUT2D eigenvalue weighted by Gasteiger charge is -2.06. The van der Waals surface area contributed by atoms with Crippen LogP contribution in [0.5, 0.6) is 0 Å². The Labute approximate surface area is 112 Å². The number of benzene rings is 1. The lowest BCUT2D eigenvalue weighted by Crippen LogP contribution is -2.05. The minimum atomic E-state index is -4.54. The molecule has 0 radical (unpaired) electrons. The normalized spacial score (nSPS) is 9.05. The van der Waals surface area contributed by atoms with Crippen LogP contribution in [0.3, 0.4) is 0 Å². The Kier molecular flexibility index (Phi) is 9.39. The van der Waals surface area contributed by atoms with Crippen molar-refractivity contribution in [2.75, 3.05) is 0 Å². The highest BCUT2D eigenvalue weighted by atomic mass is 19.4. The Morgan fingerprint density at radius 1 is 1.35 bits per heavy atom. The van der Waals surface area contributed by atoms with Crippen LogP contribution in [0.2, 0.25) is 0 Å². The summed E-state index contributed by atoms with van der Waals surface area (Å²) in [5.41, 5.74) is -1.31. The van der Waals surface area contributed by atoms with Gasteiger partial charge in [0.1, 0.15) is 0 Å². The zero-order chi connectivity index (χ0) is 16.3. The highest BCUT2D eigenvalue weighted by Crippen LogP contribution is 2.32. The summed E-state index contributed by atoms with van der Waals surface area (Å²) in [7, 11) is 0. The van der Waals surface area contributed by atoms with E-state index in [-0.39, 0.29) is 11.7 Å². The second-order valence-corrected chi connectivity index (χ2v) is 3.25. The molecule has 0 aliphatic carbocycles. The monoisotopic (exact) mass is 291 g/mol. The average Bonchev–Trinajstić information content (AvgIpc) is 2.29. The summed E-state index contributed by atoms with van der Waals surface area (Å²) in [6.07, 6.45) is -2.54. The summed E-state index contributed by atoms with van der Waals surface area (Å²) in [5.74, 6) is 0. The molecule has 0 aromatic heterocycles. The molecule has 110 valence electrons. The van der Waals surface area contributed by atoms with E-state index in [0.29, 0.717) is 6.07 Å². The Balaban J connectivity index is 0. The molecule has 0 saturated carbocycles. The Bertz CT molecular complexity index is 492. The predicted octanol–water partition coefficient (Wildman–Crippen LogP) is 3.53. The molecule has 0 unspecified atom stereocenters. The summed E-state index contributed by atoms with van der Waals surface area (Å²) in [4.78, 5) is 25.8. The van der Waals surface area contributed by atoms with Crippen molar-refractivity contribution in [1.82, 2.24) is 0 Å². The minimum absolute atomic E-state index is 0.211. The van der Waals surface area contributed by atoms with Gasteiger partial charge in [0.05, 0.1) is 10.5 Å². The van der Waals surface area contributed by atoms with Gasteiger partial charge in [0.2, 0.25) is 0 Å². The second-order valence-electron chi connectivity index (χ2n) is 3.25. The van der Waals surface area contributed by atoms with Gasteiger partial charge in [0.15, 0.2) is 0 Å². The van der Waals surface area contributed by atoms with Crippen LogP contribution in [-0.2, 0) is 15.8 Å². The van der Waals surface area contributed by atoms with Crippen LogP contribution in [0.15, 0.2) is 30.9 Å². The fourth-order valence-electron chi connectivity index (χ4n) is 0.982. The van der Waals surface area contributed by atoms with Crippen LogP contribution in [0.25, 0.3) is 0 Å². The zero-order valence-corrected chi connectivity index (χ0v) is 10.7. The summed E-state index contributed by atoms with van der Waals surface area (Å²) >= 11 is 0. The summed E-state index contributed by atoms with van der Waals surface area (Å²) in [6, 6.07) is 2.44. The van der Waals surface area contributed by atoms with Crippen molar-refractivity contribution in [2.45, 2.75) is 20.0 Å². The van der Waals surface area contributed by atoms with E-state index in [9.17, 15) is 23.3 Å². The van der Waals surface area contributed by atoms with E-state index in [1.54, 1.807) is 6.08 Å². The first-order chi connectivity index (χ1) is 9.15. The SMILES string of the molecule is C=CC.Cc1ccc(C(F)(F)F)cc1[N+](=O)[O-].O=C=O. The smallest absolute Gasteiger partial charge is 0.258 e. The van der Waals surface area contributed by atoms with Crippen LogP contribution in [-0.4, -0.2) is 11.1 Å². The summed E-state index contributed by atoms with van der Waals surface area (Å²) < 4.78 is 36.4. The van der Waals surface area contributed by atoms with Gasteiger partial charge in [-0.3, -0.25) is 10.1 Å². The van der Waals surface area contributed by atoms with Gasteiger partial charge in [-0.2, -0.15) is 22.8 Å². The van der Waals surface area contributed by atoms with Gasteiger partial charge in [0, 0.05) is 11.6 Å². The standard InChI is InChI=1S/C8H6F3NO2.C3H6.CO2/c1-5-2-3-6(8(9,10)11)4-7(5)12(13)14;1-3-2;2-1-3/h2-4H,1H3;3H,1H2,2H3;. The molecule has 0 saturated heterocycles. The molecule has 20 heavy (non-hydrogen) atoms. The molecule has 1 aromatic rings. The van der Waals surface area contributed by atoms with Gasteiger partial charge in [0.25, 0.3) is 5.69 Å². The Morgan fingerprint density at radius 3 is 2.05 bits per heavy atom. The molecule has 0 aliphatic rings. The maximum Gasteiger partial charge on any atom is 0.416 e. The first-order valence-electron chi connectivity index (χ1n) is 5.04. The number of carbonyl (C=O) groups excluding carboxylic acids is 2. The molecule has 0 N–H and O–H groups in total.